The summed E-state index contributed by atoms with van der Waals surface area (Å²) in [5.41, 5.74) is 1.10. The molecule has 8 nitrogen and oxygen atoms in total. The van der Waals surface area contributed by atoms with Crippen molar-refractivity contribution in [1.82, 2.24) is 19.9 Å². The molecule has 2 aliphatic rings. The Bertz CT molecular complexity index is 770. The molecule has 0 radical (unpaired) electrons. The van der Waals surface area contributed by atoms with Crippen molar-refractivity contribution < 1.29 is 4.74 Å². The molecule has 27 heavy (non-hydrogen) atoms. The van der Waals surface area contributed by atoms with E-state index in [1.54, 1.807) is 6.33 Å². The molecule has 2 saturated heterocycles. The maximum atomic E-state index is 5.44. The third-order valence-corrected chi connectivity index (χ3v) is 5.14. The van der Waals surface area contributed by atoms with Gasteiger partial charge in [-0.15, -0.1) is 0 Å². The predicted octanol–water partition coefficient (Wildman–Crippen LogP) is 1.30. The molecule has 2 fully saturated rings. The van der Waals surface area contributed by atoms with Crippen molar-refractivity contribution in [1.29, 1.82) is 0 Å². The zero-order chi connectivity index (χ0) is 18.6. The highest BCUT2D eigenvalue weighted by Crippen LogP contribution is 2.22. The van der Waals surface area contributed by atoms with E-state index in [1.807, 2.05) is 6.92 Å². The highest BCUT2D eigenvalue weighted by Gasteiger charge is 2.21. The molecule has 0 N–H and O–H groups in total. The van der Waals surface area contributed by atoms with Gasteiger partial charge < -0.3 is 19.4 Å². The predicted molar refractivity (Wildman–Crippen MR) is 106 cm³/mol. The molecule has 0 saturated carbocycles. The number of aromatic nitrogens is 4. The van der Waals surface area contributed by atoms with E-state index in [-0.39, 0.29) is 0 Å². The van der Waals surface area contributed by atoms with Gasteiger partial charge in [-0.3, -0.25) is 0 Å². The minimum atomic E-state index is 0.760. The number of hydrogen-bond donors (Lipinski definition) is 0. The lowest BCUT2D eigenvalue weighted by molar-refractivity contribution is 0.122. The Balaban J connectivity index is 1.43. The van der Waals surface area contributed by atoms with E-state index >= 15 is 0 Å². The molecule has 0 spiro atoms. The van der Waals surface area contributed by atoms with Crippen molar-refractivity contribution in [2.75, 3.05) is 67.2 Å². The molecule has 2 aliphatic heterocycles. The van der Waals surface area contributed by atoms with Crippen molar-refractivity contribution in [3.8, 4) is 0 Å². The molecule has 144 valence electrons. The van der Waals surface area contributed by atoms with Crippen molar-refractivity contribution in [2.45, 2.75) is 20.3 Å². The van der Waals surface area contributed by atoms with Gasteiger partial charge in [0.05, 0.1) is 13.2 Å². The summed E-state index contributed by atoms with van der Waals surface area (Å²) >= 11 is 0. The summed E-state index contributed by atoms with van der Waals surface area (Å²) in [4.78, 5) is 25.0. The minimum absolute atomic E-state index is 0.760. The number of aryl methyl sites for hydroxylation is 2. The molecule has 0 unspecified atom stereocenters. The van der Waals surface area contributed by atoms with Crippen molar-refractivity contribution >= 4 is 17.5 Å². The standard InChI is InChI=1S/C19H27N7O/c1-3-16-12-19(23-15(2)22-16)25-6-4-24(5-7-25)17-13-18(21-14-20-17)26-8-10-27-11-9-26/h12-14H,3-11H2,1-2H3. The van der Waals surface area contributed by atoms with Crippen LogP contribution in [0.5, 0.6) is 0 Å². The van der Waals surface area contributed by atoms with Crippen LogP contribution in [-0.2, 0) is 11.2 Å². The van der Waals surface area contributed by atoms with Gasteiger partial charge in [-0.2, -0.15) is 0 Å². The molecule has 2 aromatic heterocycles. The summed E-state index contributed by atoms with van der Waals surface area (Å²) < 4.78 is 5.44. The Morgan fingerprint density at radius 1 is 0.815 bits per heavy atom. The topological polar surface area (TPSA) is 70.5 Å². The van der Waals surface area contributed by atoms with Crippen molar-refractivity contribution in [3.63, 3.8) is 0 Å². The fraction of sp³-hybridized carbons (Fsp3) is 0.579. The van der Waals surface area contributed by atoms with E-state index in [2.05, 4.69) is 53.7 Å². The highest BCUT2D eigenvalue weighted by atomic mass is 16.5. The van der Waals surface area contributed by atoms with E-state index < -0.39 is 0 Å². The van der Waals surface area contributed by atoms with E-state index in [4.69, 9.17) is 4.74 Å². The van der Waals surface area contributed by atoms with E-state index in [1.165, 1.54) is 0 Å². The summed E-state index contributed by atoms with van der Waals surface area (Å²) in [5, 5.41) is 0. The average molecular weight is 369 g/mol. The first kappa shape index (κ1) is 17.9. The Kier molecular flexibility index (Phi) is 5.33. The number of nitrogens with zero attached hydrogens (tertiary/aromatic N) is 7. The normalized spacial score (nSPS) is 18.1. The third kappa shape index (κ3) is 4.10. The van der Waals surface area contributed by atoms with Gasteiger partial charge in [0.1, 0.15) is 29.6 Å². The van der Waals surface area contributed by atoms with Gasteiger partial charge in [0.15, 0.2) is 0 Å². The second kappa shape index (κ2) is 8.04. The molecule has 0 atom stereocenters. The Hall–Kier alpha value is -2.48. The molecule has 2 aromatic rings. The number of ether oxygens (including phenoxy) is 1. The first-order valence-corrected chi connectivity index (χ1v) is 9.72. The zero-order valence-corrected chi connectivity index (χ0v) is 16.1. The van der Waals surface area contributed by atoms with Gasteiger partial charge in [0.2, 0.25) is 0 Å². The lowest BCUT2D eigenvalue weighted by atomic mass is 10.2. The van der Waals surface area contributed by atoms with Gasteiger partial charge in [0.25, 0.3) is 0 Å². The smallest absolute Gasteiger partial charge is 0.134 e. The summed E-state index contributed by atoms with van der Waals surface area (Å²) in [6, 6.07) is 4.22. The Morgan fingerprint density at radius 2 is 1.41 bits per heavy atom. The zero-order valence-electron chi connectivity index (χ0n) is 16.1. The van der Waals surface area contributed by atoms with Crippen LogP contribution in [0, 0.1) is 6.92 Å². The first-order chi connectivity index (χ1) is 13.2. The van der Waals surface area contributed by atoms with Crippen LogP contribution in [0.2, 0.25) is 0 Å². The molecular weight excluding hydrogens is 342 g/mol. The van der Waals surface area contributed by atoms with Gasteiger partial charge in [-0.25, -0.2) is 19.9 Å². The number of morpholine rings is 1. The van der Waals surface area contributed by atoms with Gasteiger partial charge >= 0.3 is 0 Å². The van der Waals surface area contributed by atoms with Crippen LogP contribution in [-0.4, -0.2) is 72.4 Å². The fourth-order valence-electron chi connectivity index (χ4n) is 3.60. The molecule has 0 aliphatic carbocycles. The van der Waals surface area contributed by atoms with Crippen LogP contribution in [0.1, 0.15) is 18.4 Å². The molecule has 0 aromatic carbocycles. The molecule has 8 heteroatoms. The van der Waals surface area contributed by atoms with Crippen LogP contribution < -0.4 is 14.7 Å². The molecule has 4 rings (SSSR count). The summed E-state index contributed by atoms with van der Waals surface area (Å²) in [5.74, 6) is 3.87. The largest absolute Gasteiger partial charge is 0.378 e. The quantitative estimate of drug-likeness (QED) is 0.799. The number of piperazine rings is 1. The Labute approximate surface area is 160 Å². The van der Waals surface area contributed by atoms with Gasteiger partial charge in [-0.05, 0) is 13.3 Å². The number of hydrogen-bond acceptors (Lipinski definition) is 8. The molecular formula is C19H27N7O. The highest BCUT2D eigenvalue weighted by molar-refractivity contribution is 5.52. The summed E-state index contributed by atoms with van der Waals surface area (Å²) in [7, 11) is 0. The maximum Gasteiger partial charge on any atom is 0.134 e. The molecule has 4 heterocycles. The minimum Gasteiger partial charge on any atom is -0.378 e. The van der Waals surface area contributed by atoms with Gasteiger partial charge in [0, 0.05) is 57.1 Å². The second-order valence-corrected chi connectivity index (χ2v) is 6.93. The first-order valence-electron chi connectivity index (χ1n) is 9.72. The summed E-state index contributed by atoms with van der Waals surface area (Å²) in [6.07, 6.45) is 2.61. The van der Waals surface area contributed by atoms with E-state index in [0.29, 0.717) is 0 Å². The number of rotatable bonds is 4. The maximum absolute atomic E-state index is 5.44. The lowest BCUT2D eigenvalue weighted by Gasteiger charge is -2.36. The number of anilines is 3. The second-order valence-electron chi connectivity index (χ2n) is 6.93. The van der Waals surface area contributed by atoms with Crippen LogP contribution in [0.15, 0.2) is 18.5 Å². The molecule has 0 bridgehead atoms. The van der Waals surface area contributed by atoms with Crippen LogP contribution in [0.3, 0.4) is 0 Å². The average Bonchev–Trinajstić information content (AvgIpc) is 2.74. The van der Waals surface area contributed by atoms with Crippen molar-refractivity contribution in [2.24, 2.45) is 0 Å². The van der Waals surface area contributed by atoms with Gasteiger partial charge in [-0.1, -0.05) is 6.92 Å². The van der Waals surface area contributed by atoms with Crippen LogP contribution in [0.4, 0.5) is 17.5 Å². The monoisotopic (exact) mass is 369 g/mol. The summed E-state index contributed by atoms with van der Waals surface area (Å²) in [6.45, 7) is 11.1. The van der Waals surface area contributed by atoms with E-state index in [0.717, 1.165) is 87.9 Å². The van der Waals surface area contributed by atoms with E-state index in [9.17, 15) is 0 Å². The van der Waals surface area contributed by atoms with Crippen LogP contribution >= 0.6 is 0 Å². The SMILES string of the molecule is CCc1cc(N2CCN(c3cc(N4CCOCC4)ncn3)CC2)nc(C)n1. The molecule has 0 amide bonds. The lowest BCUT2D eigenvalue weighted by Crippen LogP contribution is -2.47. The Morgan fingerprint density at radius 3 is 2.04 bits per heavy atom. The third-order valence-electron chi connectivity index (χ3n) is 5.14. The fourth-order valence-corrected chi connectivity index (χ4v) is 3.60. The van der Waals surface area contributed by atoms with Crippen LogP contribution in [0.25, 0.3) is 0 Å². The van der Waals surface area contributed by atoms with Crippen molar-refractivity contribution in [3.05, 3.63) is 30.0 Å².